The lowest BCUT2D eigenvalue weighted by Crippen LogP contribution is -2.40. The molecule has 0 aliphatic carbocycles. The number of aromatic nitrogens is 1. The van der Waals surface area contributed by atoms with E-state index in [2.05, 4.69) is 11.9 Å². The highest BCUT2D eigenvalue weighted by Crippen LogP contribution is 2.45. The van der Waals surface area contributed by atoms with Crippen molar-refractivity contribution in [3.05, 3.63) is 30.1 Å². The highest BCUT2D eigenvalue weighted by atomic mass is 16.5. The second-order valence-corrected chi connectivity index (χ2v) is 6.81. The molecule has 3 heterocycles. The van der Waals surface area contributed by atoms with Gasteiger partial charge in [0.15, 0.2) is 0 Å². The Balaban J connectivity index is 1.68. The number of pyridine rings is 1. The Labute approximate surface area is 142 Å². The number of nitrogens with zero attached hydrogens (tertiary/aromatic N) is 3. The van der Waals surface area contributed by atoms with Gasteiger partial charge in [-0.1, -0.05) is 13.0 Å². The van der Waals surface area contributed by atoms with Crippen LogP contribution in [0.1, 0.15) is 25.8 Å². The van der Waals surface area contributed by atoms with Crippen LogP contribution in [-0.4, -0.2) is 59.4 Å². The first-order chi connectivity index (χ1) is 11.6. The van der Waals surface area contributed by atoms with Gasteiger partial charge in [0.05, 0.1) is 5.41 Å². The molecule has 1 aromatic heterocycles. The van der Waals surface area contributed by atoms with Crippen LogP contribution in [-0.2, 0) is 20.9 Å². The van der Waals surface area contributed by atoms with Crippen molar-refractivity contribution < 1.29 is 14.3 Å². The second-order valence-electron chi connectivity index (χ2n) is 6.81. The number of amides is 2. The van der Waals surface area contributed by atoms with E-state index in [9.17, 15) is 9.59 Å². The number of likely N-dealkylation sites (tertiary alicyclic amines) is 2. The fraction of sp³-hybridized carbons (Fsp3) is 0.611. The Bertz CT molecular complexity index is 607. The maximum absolute atomic E-state index is 13.1. The highest BCUT2D eigenvalue weighted by Gasteiger charge is 2.55. The molecule has 0 bridgehead atoms. The average Bonchev–Trinajstić information content (AvgIpc) is 3.09. The van der Waals surface area contributed by atoms with E-state index in [1.807, 2.05) is 24.0 Å². The summed E-state index contributed by atoms with van der Waals surface area (Å²) in [5.41, 5.74) is 0.613. The van der Waals surface area contributed by atoms with Gasteiger partial charge in [-0.25, -0.2) is 0 Å². The molecule has 2 saturated heterocycles. The van der Waals surface area contributed by atoms with Crippen molar-refractivity contribution in [3.63, 3.8) is 0 Å². The van der Waals surface area contributed by atoms with Crippen molar-refractivity contribution in [3.8, 4) is 0 Å². The zero-order valence-electron chi connectivity index (χ0n) is 14.4. The van der Waals surface area contributed by atoms with Crippen LogP contribution in [0.15, 0.2) is 24.5 Å². The summed E-state index contributed by atoms with van der Waals surface area (Å²) in [7, 11) is 0. The molecule has 6 nitrogen and oxygen atoms in total. The lowest BCUT2D eigenvalue weighted by atomic mass is 9.78. The van der Waals surface area contributed by atoms with Crippen molar-refractivity contribution in [2.75, 3.05) is 32.8 Å². The topological polar surface area (TPSA) is 62.7 Å². The lowest BCUT2D eigenvalue weighted by Gasteiger charge is -2.26. The van der Waals surface area contributed by atoms with Gasteiger partial charge in [0.1, 0.15) is 6.61 Å². The standard InChI is InChI=1S/C18H25N3O3/c1-3-24-12-16(22)21-10-14(2)18(13-21)6-8-20(17(18)23)11-15-5-4-7-19-9-15/h4-5,7,9,14H,3,6,8,10-13H2,1-2H3/t14-,18-/m1/s1. The average molecular weight is 331 g/mol. The molecule has 0 saturated carbocycles. The van der Waals surface area contributed by atoms with Gasteiger partial charge in [-0.3, -0.25) is 14.6 Å². The van der Waals surface area contributed by atoms with E-state index in [-0.39, 0.29) is 24.3 Å². The number of hydrogen-bond acceptors (Lipinski definition) is 4. The minimum Gasteiger partial charge on any atom is -0.372 e. The van der Waals surface area contributed by atoms with Crippen LogP contribution in [0.2, 0.25) is 0 Å². The first-order valence-corrected chi connectivity index (χ1v) is 8.60. The molecule has 2 aliphatic heterocycles. The van der Waals surface area contributed by atoms with Crippen LogP contribution >= 0.6 is 0 Å². The van der Waals surface area contributed by atoms with Gasteiger partial charge in [-0.05, 0) is 30.9 Å². The van der Waals surface area contributed by atoms with Crippen LogP contribution in [0.4, 0.5) is 0 Å². The Hall–Kier alpha value is -1.95. The summed E-state index contributed by atoms with van der Waals surface area (Å²) in [6.07, 6.45) is 4.34. The Morgan fingerprint density at radius 2 is 2.33 bits per heavy atom. The summed E-state index contributed by atoms with van der Waals surface area (Å²) in [4.78, 5) is 33.1. The predicted octanol–water partition coefficient (Wildman–Crippen LogP) is 1.32. The molecule has 2 aliphatic rings. The molecule has 130 valence electrons. The molecule has 3 rings (SSSR count). The molecule has 0 aromatic carbocycles. The Morgan fingerprint density at radius 1 is 1.50 bits per heavy atom. The lowest BCUT2D eigenvalue weighted by molar-refractivity contribution is -0.138. The molecule has 24 heavy (non-hydrogen) atoms. The monoisotopic (exact) mass is 331 g/mol. The quantitative estimate of drug-likeness (QED) is 0.816. The molecule has 0 N–H and O–H groups in total. The number of rotatable bonds is 5. The van der Waals surface area contributed by atoms with Crippen molar-refractivity contribution >= 4 is 11.8 Å². The fourth-order valence-corrected chi connectivity index (χ4v) is 3.86. The highest BCUT2D eigenvalue weighted by molar-refractivity contribution is 5.87. The first-order valence-electron chi connectivity index (χ1n) is 8.60. The third-order valence-electron chi connectivity index (χ3n) is 5.33. The summed E-state index contributed by atoms with van der Waals surface area (Å²) in [5, 5.41) is 0. The van der Waals surface area contributed by atoms with E-state index in [4.69, 9.17) is 4.74 Å². The zero-order valence-corrected chi connectivity index (χ0v) is 14.4. The summed E-state index contributed by atoms with van der Waals surface area (Å²) in [5.74, 6) is 0.333. The number of ether oxygens (including phenoxy) is 1. The van der Waals surface area contributed by atoms with Gasteiger partial charge in [-0.2, -0.15) is 0 Å². The second kappa shape index (κ2) is 6.89. The Kier molecular flexibility index (Phi) is 4.85. The molecule has 1 spiro atoms. The van der Waals surface area contributed by atoms with Gasteiger partial charge in [0, 0.05) is 45.2 Å². The molecular formula is C18H25N3O3. The van der Waals surface area contributed by atoms with E-state index in [0.717, 1.165) is 18.5 Å². The van der Waals surface area contributed by atoms with Crippen molar-refractivity contribution in [2.24, 2.45) is 11.3 Å². The molecule has 2 amide bonds. The van der Waals surface area contributed by atoms with Crippen LogP contribution in [0.5, 0.6) is 0 Å². The van der Waals surface area contributed by atoms with Gasteiger partial charge >= 0.3 is 0 Å². The summed E-state index contributed by atoms with van der Waals surface area (Å²) >= 11 is 0. The predicted molar refractivity (Wildman–Crippen MR) is 88.9 cm³/mol. The molecule has 0 unspecified atom stereocenters. The van der Waals surface area contributed by atoms with Gasteiger partial charge < -0.3 is 14.5 Å². The summed E-state index contributed by atoms with van der Waals surface area (Å²) < 4.78 is 5.23. The van der Waals surface area contributed by atoms with Crippen molar-refractivity contribution in [1.82, 2.24) is 14.8 Å². The molecule has 1 aromatic rings. The van der Waals surface area contributed by atoms with E-state index in [0.29, 0.717) is 26.2 Å². The number of carbonyl (C=O) groups excluding carboxylic acids is 2. The van der Waals surface area contributed by atoms with Gasteiger partial charge in [0.2, 0.25) is 11.8 Å². The zero-order chi connectivity index (χ0) is 17.2. The molecular weight excluding hydrogens is 306 g/mol. The molecule has 0 radical (unpaired) electrons. The van der Waals surface area contributed by atoms with E-state index in [1.165, 1.54) is 0 Å². The fourth-order valence-electron chi connectivity index (χ4n) is 3.86. The SMILES string of the molecule is CCOCC(=O)N1C[C@@H](C)[C@@]2(CCN(Cc3cccnc3)C2=O)C1. The molecule has 2 atom stereocenters. The van der Waals surface area contributed by atoms with Crippen molar-refractivity contribution in [1.29, 1.82) is 0 Å². The van der Waals surface area contributed by atoms with Crippen LogP contribution in [0.25, 0.3) is 0 Å². The smallest absolute Gasteiger partial charge is 0.248 e. The maximum atomic E-state index is 13.1. The number of hydrogen-bond donors (Lipinski definition) is 0. The van der Waals surface area contributed by atoms with E-state index >= 15 is 0 Å². The van der Waals surface area contributed by atoms with Gasteiger partial charge in [-0.15, -0.1) is 0 Å². The largest absolute Gasteiger partial charge is 0.372 e. The minimum absolute atomic E-state index is 0.0147. The third kappa shape index (κ3) is 3.02. The summed E-state index contributed by atoms with van der Waals surface area (Å²) in [6.45, 7) is 7.07. The number of carbonyl (C=O) groups is 2. The minimum atomic E-state index is -0.427. The van der Waals surface area contributed by atoms with Crippen LogP contribution < -0.4 is 0 Å². The van der Waals surface area contributed by atoms with E-state index in [1.54, 1.807) is 17.3 Å². The maximum Gasteiger partial charge on any atom is 0.248 e. The first kappa shape index (κ1) is 16.9. The molecule has 6 heteroatoms. The normalized spacial score (nSPS) is 26.6. The molecule has 2 fully saturated rings. The van der Waals surface area contributed by atoms with Crippen LogP contribution in [0.3, 0.4) is 0 Å². The van der Waals surface area contributed by atoms with Gasteiger partial charge in [0.25, 0.3) is 0 Å². The third-order valence-corrected chi connectivity index (χ3v) is 5.33. The Morgan fingerprint density at radius 3 is 3.04 bits per heavy atom. The van der Waals surface area contributed by atoms with Crippen molar-refractivity contribution in [2.45, 2.75) is 26.8 Å². The van der Waals surface area contributed by atoms with E-state index < -0.39 is 5.41 Å². The summed E-state index contributed by atoms with van der Waals surface area (Å²) in [6, 6.07) is 3.87. The van der Waals surface area contributed by atoms with Crippen LogP contribution in [0, 0.1) is 11.3 Å².